The van der Waals surface area contributed by atoms with Crippen LogP contribution in [-0.4, -0.2) is 32.8 Å². The van der Waals surface area contributed by atoms with Crippen molar-refractivity contribution in [1.82, 2.24) is 19.7 Å². The summed E-state index contributed by atoms with van der Waals surface area (Å²) >= 11 is 0. The highest BCUT2D eigenvalue weighted by molar-refractivity contribution is 5.62. The van der Waals surface area contributed by atoms with Crippen LogP contribution in [0.25, 0.3) is 16.9 Å². The molecule has 0 aliphatic carbocycles. The zero-order valence-electron chi connectivity index (χ0n) is 13.2. The van der Waals surface area contributed by atoms with Crippen LogP contribution in [-0.2, 0) is 0 Å². The molecule has 2 aromatic heterocycles. The number of hydrogen-bond acceptors (Lipinski definition) is 4. The summed E-state index contributed by atoms with van der Waals surface area (Å²) in [4.78, 5) is 11.4. The molecule has 0 bridgehead atoms. The van der Waals surface area contributed by atoms with Crippen molar-refractivity contribution >= 4 is 5.95 Å². The van der Waals surface area contributed by atoms with Crippen molar-refractivity contribution in [3.8, 4) is 16.9 Å². The van der Waals surface area contributed by atoms with Crippen molar-refractivity contribution in [2.24, 2.45) is 0 Å². The first-order valence-electron chi connectivity index (χ1n) is 8.01. The molecule has 3 heterocycles. The molecule has 1 saturated heterocycles. The minimum Gasteiger partial charge on any atom is -0.341 e. The zero-order valence-corrected chi connectivity index (χ0v) is 13.2. The topological polar surface area (TPSA) is 46.8 Å². The Bertz CT molecular complexity index is 803. The lowest BCUT2D eigenvalue weighted by molar-refractivity contribution is 0.863. The summed E-state index contributed by atoms with van der Waals surface area (Å²) < 4.78 is 1.91. The molecule has 5 nitrogen and oxygen atoms in total. The number of hydrogen-bond donors (Lipinski definition) is 0. The zero-order chi connectivity index (χ0) is 15.6. The van der Waals surface area contributed by atoms with Crippen LogP contribution in [0.1, 0.15) is 18.5 Å². The van der Waals surface area contributed by atoms with Crippen LogP contribution in [0.5, 0.6) is 0 Å². The third kappa shape index (κ3) is 2.70. The monoisotopic (exact) mass is 305 g/mol. The summed E-state index contributed by atoms with van der Waals surface area (Å²) in [6.07, 6.45) is 6.33. The predicted molar refractivity (Wildman–Crippen MR) is 90.8 cm³/mol. The Labute approximate surface area is 135 Å². The minimum absolute atomic E-state index is 0.826. The van der Waals surface area contributed by atoms with Gasteiger partial charge in [-0.15, -0.1) is 0 Å². The number of anilines is 1. The molecule has 116 valence electrons. The summed E-state index contributed by atoms with van der Waals surface area (Å²) in [5.74, 6) is 0.826. The first kappa shape index (κ1) is 13.9. The highest BCUT2D eigenvalue weighted by Crippen LogP contribution is 2.24. The Morgan fingerprint density at radius 3 is 2.57 bits per heavy atom. The second-order valence-electron chi connectivity index (χ2n) is 5.84. The first-order valence-corrected chi connectivity index (χ1v) is 8.01. The van der Waals surface area contributed by atoms with E-state index in [0.29, 0.717) is 0 Å². The maximum atomic E-state index is 4.75. The van der Waals surface area contributed by atoms with Gasteiger partial charge in [0.05, 0.1) is 17.1 Å². The summed E-state index contributed by atoms with van der Waals surface area (Å²) in [6.45, 7) is 4.11. The lowest BCUT2D eigenvalue weighted by atomic mass is 10.2. The quantitative estimate of drug-likeness (QED) is 0.745. The van der Waals surface area contributed by atoms with Crippen molar-refractivity contribution in [3.05, 3.63) is 54.5 Å². The Morgan fingerprint density at radius 1 is 1.00 bits per heavy atom. The Hall–Kier alpha value is -2.69. The SMILES string of the molecule is Cc1nn(-c2ccccc2)cc1-c1ccnc(N2CCCC2)n1. The van der Waals surface area contributed by atoms with Gasteiger partial charge in [-0.05, 0) is 38.0 Å². The molecule has 1 aliphatic heterocycles. The third-order valence-electron chi connectivity index (χ3n) is 4.23. The number of rotatable bonds is 3. The molecule has 0 unspecified atom stereocenters. The summed E-state index contributed by atoms with van der Waals surface area (Å²) in [7, 11) is 0. The van der Waals surface area contributed by atoms with E-state index < -0.39 is 0 Å². The molecular weight excluding hydrogens is 286 g/mol. The summed E-state index contributed by atoms with van der Waals surface area (Å²) in [5, 5.41) is 4.63. The molecule has 5 heteroatoms. The Morgan fingerprint density at radius 2 is 1.78 bits per heavy atom. The van der Waals surface area contributed by atoms with Crippen molar-refractivity contribution < 1.29 is 0 Å². The van der Waals surface area contributed by atoms with Gasteiger partial charge in [0.2, 0.25) is 5.95 Å². The van der Waals surface area contributed by atoms with Gasteiger partial charge >= 0.3 is 0 Å². The van der Waals surface area contributed by atoms with Gasteiger partial charge in [-0.3, -0.25) is 0 Å². The highest BCUT2D eigenvalue weighted by atomic mass is 15.3. The van der Waals surface area contributed by atoms with Gasteiger partial charge < -0.3 is 4.90 Å². The van der Waals surface area contributed by atoms with E-state index in [1.807, 2.05) is 60.4 Å². The molecule has 0 saturated carbocycles. The van der Waals surface area contributed by atoms with Gasteiger partial charge in [-0.1, -0.05) is 18.2 Å². The van der Waals surface area contributed by atoms with E-state index in [1.165, 1.54) is 12.8 Å². The largest absolute Gasteiger partial charge is 0.341 e. The first-order chi connectivity index (χ1) is 11.3. The molecule has 0 spiro atoms. The van der Waals surface area contributed by atoms with E-state index in [0.717, 1.165) is 41.7 Å². The van der Waals surface area contributed by atoms with E-state index in [1.54, 1.807) is 0 Å². The number of nitrogens with zero attached hydrogens (tertiary/aromatic N) is 5. The molecule has 0 atom stereocenters. The van der Waals surface area contributed by atoms with E-state index >= 15 is 0 Å². The lowest BCUT2D eigenvalue weighted by Crippen LogP contribution is -2.20. The second kappa shape index (κ2) is 5.83. The van der Waals surface area contributed by atoms with Crippen molar-refractivity contribution in [1.29, 1.82) is 0 Å². The second-order valence-corrected chi connectivity index (χ2v) is 5.84. The minimum atomic E-state index is 0.826. The Kier molecular flexibility index (Phi) is 3.54. The average Bonchev–Trinajstić information content (AvgIpc) is 3.25. The molecule has 0 N–H and O–H groups in total. The number of aryl methyl sites for hydroxylation is 1. The fraction of sp³-hybridized carbons (Fsp3) is 0.278. The molecule has 23 heavy (non-hydrogen) atoms. The fourth-order valence-electron chi connectivity index (χ4n) is 2.99. The summed E-state index contributed by atoms with van der Waals surface area (Å²) in [5.41, 5.74) is 4.01. The molecule has 3 aromatic rings. The van der Waals surface area contributed by atoms with Crippen LogP contribution in [0.2, 0.25) is 0 Å². The van der Waals surface area contributed by atoms with Gasteiger partial charge in [0.15, 0.2) is 0 Å². The molecule has 0 radical (unpaired) electrons. The lowest BCUT2D eigenvalue weighted by Gasteiger charge is -2.15. The van der Waals surface area contributed by atoms with Crippen LogP contribution in [0, 0.1) is 6.92 Å². The van der Waals surface area contributed by atoms with Crippen LogP contribution in [0.15, 0.2) is 48.8 Å². The van der Waals surface area contributed by atoms with Crippen LogP contribution in [0.4, 0.5) is 5.95 Å². The number of para-hydroxylation sites is 1. The van der Waals surface area contributed by atoms with E-state index in [9.17, 15) is 0 Å². The van der Waals surface area contributed by atoms with Gasteiger partial charge in [-0.25, -0.2) is 14.6 Å². The van der Waals surface area contributed by atoms with Gasteiger partial charge in [0.25, 0.3) is 0 Å². The fourth-order valence-corrected chi connectivity index (χ4v) is 2.99. The Balaban J connectivity index is 1.71. The molecular formula is C18H19N5. The van der Waals surface area contributed by atoms with Crippen molar-refractivity contribution in [3.63, 3.8) is 0 Å². The standard InChI is InChI=1S/C18H19N5/c1-14-16(13-23(21-14)15-7-3-2-4-8-15)17-9-10-19-18(20-17)22-11-5-6-12-22/h2-4,7-10,13H,5-6,11-12H2,1H3. The highest BCUT2D eigenvalue weighted by Gasteiger charge is 2.16. The van der Waals surface area contributed by atoms with E-state index in [-0.39, 0.29) is 0 Å². The molecule has 4 rings (SSSR count). The van der Waals surface area contributed by atoms with Crippen molar-refractivity contribution in [2.75, 3.05) is 18.0 Å². The van der Waals surface area contributed by atoms with E-state index in [4.69, 9.17) is 4.98 Å². The average molecular weight is 305 g/mol. The van der Waals surface area contributed by atoms with E-state index in [2.05, 4.69) is 15.0 Å². The third-order valence-corrected chi connectivity index (χ3v) is 4.23. The number of aromatic nitrogens is 4. The van der Waals surface area contributed by atoms with Gasteiger partial charge in [0, 0.05) is 31.0 Å². The maximum absolute atomic E-state index is 4.75. The smallest absolute Gasteiger partial charge is 0.225 e. The van der Waals surface area contributed by atoms with Crippen LogP contribution >= 0.6 is 0 Å². The van der Waals surface area contributed by atoms with Crippen molar-refractivity contribution in [2.45, 2.75) is 19.8 Å². The molecule has 1 aliphatic rings. The predicted octanol–water partition coefficient (Wildman–Crippen LogP) is 3.24. The molecule has 1 aromatic carbocycles. The molecule has 0 amide bonds. The normalized spacial score (nSPS) is 14.4. The van der Waals surface area contributed by atoms with Gasteiger partial charge in [0.1, 0.15) is 0 Å². The van der Waals surface area contributed by atoms with Crippen LogP contribution in [0.3, 0.4) is 0 Å². The maximum Gasteiger partial charge on any atom is 0.225 e. The van der Waals surface area contributed by atoms with Crippen LogP contribution < -0.4 is 4.90 Å². The number of benzene rings is 1. The summed E-state index contributed by atoms with van der Waals surface area (Å²) in [6, 6.07) is 12.1. The van der Waals surface area contributed by atoms with Gasteiger partial charge in [-0.2, -0.15) is 5.10 Å². The molecule has 1 fully saturated rings.